The molecule has 2 N–H and O–H groups in total. The minimum atomic E-state index is -1.05. The van der Waals surface area contributed by atoms with Crippen LogP contribution in [0.5, 0.6) is 5.75 Å². The molecule has 2 aromatic rings. The molecule has 0 saturated carbocycles. The average molecular weight is 258 g/mol. The molecule has 0 amide bonds. The van der Waals surface area contributed by atoms with Gasteiger partial charge < -0.3 is 15.2 Å². The summed E-state index contributed by atoms with van der Waals surface area (Å²) in [6.45, 7) is 0.943. The summed E-state index contributed by atoms with van der Waals surface area (Å²) in [4.78, 5) is 14.8. The van der Waals surface area contributed by atoms with Crippen LogP contribution in [-0.2, 0) is 0 Å². The molecule has 0 saturated heterocycles. The van der Waals surface area contributed by atoms with Crippen molar-refractivity contribution in [2.75, 3.05) is 18.5 Å². The molecule has 0 spiro atoms. The number of carboxylic acids is 1. The smallest absolute Gasteiger partial charge is 0.356 e. The van der Waals surface area contributed by atoms with E-state index in [1.165, 1.54) is 6.20 Å². The van der Waals surface area contributed by atoms with Crippen molar-refractivity contribution < 1.29 is 14.6 Å². The van der Waals surface area contributed by atoms with Crippen LogP contribution in [-0.4, -0.2) is 29.2 Å². The fourth-order valence-electron chi connectivity index (χ4n) is 1.59. The number of carboxylic acid groups (broad SMARTS) is 1. The molecule has 0 atom stereocenters. The Morgan fingerprint density at radius 3 is 2.74 bits per heavy atom. The Bertz CT molecular complexity index is 543. The number of benzene rings is 1. The van der Waals surface area contributed by atoms with Gasteiger partial charge in [-0.05, 0) is 24.3 Å². The standard InChI is InChI=1S/C14H14N2O3/c17-14(18)13-12(7-4-8-16-13)15-9-10-19-11-5-2-1-3-6-11/h1-8,15H,9-10H2,(H,17,18). The Kier molecular flexibility index (Phi) is 4.34. The van der Waals surface area contributed by atoms with E-state index < -0.39 is 5.97 Å². The van der Waals surface area contributed by atoms with Crippen molar-refractivity contribution in [3.63, 3.8) is 0 Å². The predicted octanol–water partition coefficient (Wildman–Crippen LogP) is 2.27. The molecule has 2 rings (SSSR count). The van der Waals surface area contributed by atoms with Crippen LogP contribution in [0.25, 0.3) is 0 Å². The molecule has 0 aliphatic heterocycles. The maximum atomic E-state index is 10.9. The van der Waals surface area contributed by atoms with Crippen molar-refractivity contribution >= 4 is 11.7 Å². The maximum Gasteiger partial charge on any atom is 0.356 e. The number of nitrogens with zero attached hydrogens (tertiary/aromatic N) is 1. The Labute approximate surface area is 110 Å². The van der Waals surface area contributed by atoms with Gasteiger partial charge in [0.15, 0.2) is 5.69 Å². The molecule has 0 fully saturated rings. The number of aromatic carboxylic acids is 1. The van der Waals surface area contributed by atoms with E-state index in [0.717, 1.165) is 5.75 Å². The molecule has 5 heteroatoms. The largest absolute Gasteiger partial charge is 0.492 e. The number of hydrogen-bond donors (Lipinski definition) is 2. The monoisotopic (exact) mass is 258 g/mol. The lowest BCUT2D eigenvalue weighted by Gasteiger charge is -2.09. The van der Waals surface area contributed by atoms with E-state index in [1.54, 1.807) is 12.1 Å². The lowest BCUT2D eigenvalue weighted by atomic mass is 10.3. The highest BCUT2D eigenvalue weighted by Crippen LogP contribution is 2.12. The summed E-state index contributed by atoms with van der Waals surface area (Å²) in [7, 11) is 0. The van der Waals surface area contributed by atoms with Crippen LogP contribution < -0.4 is 10.1 Å². The molecular formula is C14H14N2O3. The number of hydrogen-bond acceptors (Lipinski definition) is 4. The Hall–Kier alpha value is -2.56. The second-order valence-corrected chi connectivity index (χ2v) is 3.79. The average Bonchev–Trinajstić information content (AvgIpc) is 2.45. The Morgan fingerprint density at radius 1 is 1.21 bits per heavy atom. The zero-order chi connectivity index (χ0) is 13.5. The van der Waals surface area contributed by atoms with Crippen LogP contribution in [0.4, 0.5) is 5.69 Å². The molecule has 0 aliphatic carbocycles. The fraction of sp³-hybridized carbons (Fsp3) is 0.143. The second kappa shape index (κ2) is 6.39. The SMILES string of the molecule is O=C(O)c1ncccc1NCCOc1ccccc1. The normalized spacial score (nSPS) is 9.89. The third-order valence-corrected chi connectivity index (χ3v) is 2.44. The maximum absolute atomic E-state index is 10.9. The quantitative estimate of drug-likeness (QED) is 0.778. The first-order valence-corrected chi connectivity index (χ1v) is 5.87. The highest BCUT2D eigenvalue weighted by Gasteiger charge is 2.09. The summed E-state index contributed by atoms with van der Waals surface area (Å²) in [6.07, 6.45) is 1.45. The lowest BCUT2D eigenvalue weighted by molar-refractivity contribution is 0.0691. The van der Waals surface area contributed by atoms with Crippen LogP contribution in [0.3, 0.4) is 0 Å². The van der Waals surface area contributed by atoms with Crippen molar-refractivity contribution in [3.8, 4) is 5.75 Å². The highest BCUT2D eigenvalue weighted by molar-refractivity contribution is 5.91. The first-order valence-electron chi connectivity index (χ1n) is 5.87. The van der Waals surface area contributed by atoms with Crippen molar-refractivity contribution in [1.29, 1.82) is 0 Å². The van der Waals surface area contributed by atoms with Gasteiger partial charge in [-0.15, -0.1) is 0 Å². The number of carbonyl (C=O) groups is 1. The van der Waals surface area contributed by atoms with Crippen LogP contribution in [0.15, 0.2) is 48.7 Å². The van der Waals surface area contributed by atoms with E-state index >= 15 is 0 Å². The fourth-order valence-corrected chi connectivity index (χ4v) is 1.59. The van der Waals surface area contributed by atoms with Crippen LogP contribution in [0.1, 0.15) is 10.5 Å². The van der Waals surface area contributed by atoms with E-state index in [1.807, 2.05) is 30.3 Å². The Morgan fingerprint density at radius 2 is 2.00 bits per heavy atom. The number of aromatic nitrogens is 1. The van der Waals surface area contributed by atoms with Gasteiger partial charge in [-0.3, -0.25) is 0 Å². The van der Waals surface area contributed by atoms with Gasteiger partial charge in [0.25, 0.3) is 0 Å². The van der Waals surface area contributed by atoms with Crippen molar-refractivity contribution in [1.82, 2.24) is 4.98 Å². The number of anilines is 1. The summed E-state index contributed by atoms with van der Waals surface area (Å²) in [5.74, 6) is -0.263. The number of rotatable bonds is 6. The molecule has 0 bridgehead atoms. The van der Waals surface area contributed by atoms with Crippen LogP contribution >= 0.6 is 0 Å². The molecular weight excluding hydrogens is 244 g/mol. The van der Waals surface area contributed by atoms with E-state index in [9.17, 15) is 4.79 Å². The molecule has 1 heterocycles. The highest BCUT2D eigenvalue weighted by atomic mass is 16.5. The third kappa shape index (κ3) is 3.70. The molecule has 5 nitrogen and oxygen atoms in total. The second-order valence-electron chi connectivity index (χ2n) is 3.79. The van der Waals surface area contributed by atoms with Crippen molar-refractivity contribution in [3.05, 3.63) is 54.4 Å². The number of nitrogens with one attached hydrogen (secondary N) is 1. The molecule has 0 unspecified atom stereocenters. The van der Waals surface area contributed by atoms with Gasteiger partial charge in [-0.1, -0.05) is 18.2 Å². The topological polar surface area (TPSA) is 71.5 Å². The van der Waals surface area contributed by atoms with E-state index in [0.29, 0.717) is 18.8 Å². The molecule has 19 heavy (non-hydrogen) atoms. The molecule has 1 aromatic heterocycles. The lowest BCUT2D eigenvalue weighted by Crippen LogP contribution is -2.14. The zero-order valence-electron chi connectivity index (χ0n) is 10.2. The van der Waals surface area contributed by atoms with Gasteiger partial charge in [0.05, 0.1) is 5.69 Å². The number of pyridine rings is 1. The molecule has 1 aromatic carbocycles. The summed E-state index contributed by atoms with van der Waals surface area (Å²) < 4.78 is 5.50. The minimum absolute atomic E-state index is 0.0159. The van der Waals surface area contributed by atoms with E-state index in [-0.39, 0.29) is 5.69 Å². The summed E-state index contributed by atoms with van der Waals surface area (Å²) in [5, 5.41) is 12.0. The summed E-state index contributed by atoms with van der Waals surface area (Å²) >= 11 is 0. The zero-order valence-corrected chi connectivity index (χ0v) is 10.2. The van der Waals surface area contributed by atoms with Crippen molar-refractivity contribution in [2.24, 2.45) is 0 Å². The van der Waals surface area contributed by atoms with E-state index in [2.05, 4.69) is 10.3 Å². The molecule has 0 radical (unpaired) electrons. The first-order chi connectivity index (χ1) is 9.27. The van der Waals surface area contributed by atoms with Gasteiger partial charge in [-0.2, -0.15) is 0 Å². The predicted molar refractivity (Wildman–Crippen MR) is 71.6 cm³/mol. The first kappa shape index (κ1) is 12.9. The van der Waals surface area contributed by atoms with Gasteiger partial charge in [-0.25, -0.2) is 9.78 Å². The van der Waals surface area contributed by atoms with Crippen LogP contribution in [0, 0.1) is 0 Å². The Balaban J connectivity index is 1.85. The van der Waals surface area contributed by atoms with Crippen molar-refractivity contribution in [2.45, 2.75) is 0 Å². The number of ether oxygens (including phenoxy) is 1. The minimum Gasteiger partial charge on any atom is -0.492 e. The van der Waals surface area contributed by atoms with Gasteiger partial charge in [0, 0.05) is 12.7 Å². The van der Waals surface area contributed by atoms with Gasteiger partial charge >= 0.3 is 5.97 Å². The molecule has 0 aliphatic rings. The van der Waals surface area contributed by atoms with Gasteiger partial charge in [0.2, 0.25) is 0 Å². The van der Waals surface area contributed by atoms with Crippen LogP contribution in [0.2, 0.25) is 0 Å². The third-order valence-electron chi connectivity index (χ3n) is 2.44. The van der Waals surface area contributed by atoms with Gasteiger partial charge in [0.1, 0.15) is 12.4 Å². The van der Waals surface area contributed by atoms with E-state index in [4.69, 9.17) is 9.84 Å². The summed E-state index contributed by atoms with van der Waals surface area (Å²) in [5.41, 5.74) is 0.508. The number of para-hydroxylation sites is 1. The summed E-state index contributed by atoms with van der Waals surface area (Å²) in [6, 6.07) is 12.8. The molecule has 98 valence electrons.